The highest BCUT2D eigenvalue weighted by molar-refractivity contribution is 7.10. The fourth-order valence-electron chi connectivity index (χ4n) is 9.25. The molecule has 2 N–H and O–H groups in total. The minimum atomic E-state index is -1.26. The van der Waals surface area contributed by atoms with E-state index in [0.29, 0.717) is 36.5 Å². The van der Waals surface area contributed by atoms with Crippen LogP contribution >= 0.6 is 11.3 Å². The van der Waals surface area contributed by atoms with Crippen molar-refractivity contribution in [2.75, 3.05) is 40.0 Å². The van der Waals surface area contributed by atoms with Crippen molar-refractivity contribution in [3.63, 3.8) is 0 Å². The molecule has 61 heavy (non-hydrogen) atoms. The Hall–Kier alpha value is -4.77. The predicted octanol–water partition coefficient (Wildman–Crippen LogP) is 5.80. The molecule has 16 heteroatoms. The second-order valence-electron chi connectivity index (χ2n) is 17.6. The minimum absolute atomic E-state index is 0.0248. The van der Waals surface area contributed by atoms with E-state index in [4.69, 9.17) is 24.2 Å². The van der Waals surface area contributed by atoms with Crippen LogP contribution in [-0.4, -0.2) is 106 Å². The van der Waals surface area contributed by atoms with Crippen LogP contribution in [0.1, 0.15) is 82.9 Å². The first kappa shape index (κ1) is 42.9. The van der Waals surface area contributed by atoms with E-state index in [1.807, 2.05) is 38.3 Å². The Labute approximate surface area is 359 Å². The third kappa shape index (κ3) is 8.19. The fourth-order valence-corrected chi connectivity index (χ4v) is 10.2. The summed E-state index contributed by atoms with van der Waals surface area (Å²) in [6.45, 7) is 13.2. The standard InChI is InChI=1S/C45H56FN7O7S/c1-8-52-33-15-14-26-18-29(33)30(38(52)28-12-10-16-47-36(28)25(4)58-7)19-45(5,6)23-60-44(57)31-13-11-17-53(50-31)43(56)37(39(59-9-2)41-48-32(26)22-61-41)49-40(54)34-24(3)35(34)42(55)51-20-27(46)21-51/h10,12,14-16,18,22,24-25,27,31,34-35,37,39,50H,8-9,11,13,17,19-21,23H2,1-7H3,(H,49,54)/t24-,25+,31+,34-,35-,37+,39+/m1/s1. The Balaban J connectivity index is 1.23. The Bertz CT molecular complexity index is 2320. The van der Waals surface area contributed by atoms with E-state index in [0.717, 1.165) is 39.0 Å². The van der Waals surface area contributed by atoms with Crippen LogP contribution in [0.2, 0.25) is 0 Å². The lowest BCUT2D eigenvalue weighted by atomic mass is 9.84. The van der Waals surface area contributed by atoms with Crippen LogP contribution in [0.15, 0.2) is 41.9 Å². The van der Waals surface area contributed by atoms with Crippen molar-refractivity contribution in [1.29, 1.82) is 0 Å². The number of ether oxygens (including phenoxy) is 3. The largest absolute Gasteiger partial charge is 0.464 e. The van der Waals surface area contributed by atoms with Crippen molar-refractivity contribution in [3.05, 3.63) is 58.2 Å². The van der Waals surface area contributed by atoms with Crippen LogP contribution in [-0.2, 0) is 46.4 Å². The molecule has 3 fully saturated rings. The summed E-state index contributed by atoms with van der Waals surface area (Å²) in [5.41, 5.74) is 9.07. The van der Waals surface area contributed by atoms with Gasteiger partial charge in [-0.15, -0.1) is 11.3 Å². The van der Waals surface area contributed by atoms with Gasteiger partial charge in [-0.2, -0.15) is 0 Å². The number of amides is 3. The second kappa shape index (κ2) is 17.2. The van der Waals surface area contributed by atoms with Gasteiger partial charge in [0.05, 0.1) is 54.7 Å². The van der Waals surface area contributed by atoms with E-state index in [1.54, 1.807) is 13.3 Å². The topological polar surface area (TPSA) is 157 Å². The van der Waals surface area contributed by atoms with Crippen LogP contribution in [0, 0.1) is 23.2 Å². The van der Waals surface area contributed by atoms with E-state index >= 15 is 0 Å². The van der Waals surface area contributed by atoms with Gasteiger partial charge in [0, 0.05) is 65.8 Å². The number of nitrogens with one attached hydrogen (secondary N) is 2. The van der Waals surface area contributed by atoms with Gasteiger partial charge in [-0.1, -0.05) is 26.8 Å². The zero-order chi connectivity index (χ0) is 43.3. The van der Waals surface area contributed by atoms with E-state index < -0.39 is 59.4 Å². The zero-order valence-electron chi connectivity index (χ0n) is 35.9. The number of pyridine rings is 1. The third-order valence-electron chi connectivity index (χ3n) is 12.7. The van der Waals surface area contributed by atoms with Gasteiger partial charge in [0.2, 0.25) is 11.8 Å². The van der Waals surface area contributed by atoms with Gasteiger partial charge in [0.25, 0.3) is 5.91 Å². The summed E-state index contributed by atoms with van der Waals surface area (Å²) in [6.07, 6.45) is 0.985. The van der Waals surface area contributed by atoms with Gasteiger partial charge in [-0.25, -0.2) is 14.8 Å². The summed E-state index contributed by atoms with van der Waals surface area (Å²) < 4.78 is 34.2. The number of methoxy groups -OCH3 is 1. The number of carbonyl (C=O) groups excluding carboxylic acids is 4. The molecule has 0 radical (unpaired) electrons. The number of esters is 1. The van der Waals surface area contributed by atoms with Crippen LogP contribution in [0.25, 0.3) is 33.4 Å². The summed E-state index contributed by atoms with van der Waals surface area (Å²) in [7, 11) is 1.68. The number of halogens is 1. The number of fused-ring (bicyclic) bond motifs is 6. The SMILES string of the molecule is CCO[C@@H]1c2nc(cs2)-c2ccc3c(c2)c(c(-c2cccnc2[C@H](C)OC)n3CC)CC(C)(C)COC(=O)[C@@H]2CCCN(N2)C(=O)[C@H]1NC(=O)[C@@H]1[C@@H](C)[C@H]1C(=O)N1CC(F)C1. The van der Waals surface area contributed by atoms with Crippen LogP contribution < -0.4 is 10.7 Å². The highest BCUT2D eigenvalue weighted by atomic mass is 32.1. The molecule has 4 aliphatic rings. The molecule has 3 aliphatic heterocycles. The average molecular weight is 858 g/mol. The number of alkyl halides is 1. The number of likely N-dealkylation sites (tertiary alicyclic amines) is 1. The summed E-state index contributed by atoms with van der Waals surface area (Å²) >= 11 is 1.33. The maximum absolute atomic E-state index is 14.7. The third-order valence-corrected chi connectivity index (χ3v) is 13.6. The Morgan fingerprint density at radius 1 is 1.16 bits per heavy atom. The normalized spacial score (nSPS) is 26.0. The number of hydrazine groups is 1. The lowest BCUT2D eigenvalue weighted by molar-refractivity contribution is -0.156. The summed E-state index contributed by atoms with van der Waals surface area (Å²) in [5, 5.41) is 7.79. The number of benzene rings is 1. The van der Waals surface area contributed by atoms with E-state index in [1.165, 1.54) is 21.2 Å². The molecular formula is C45H56FN7O7S. The average Bonchev–Trinajstić information content (AvgIpc) is 3.54. The van der Waals surface area contributed by atoms with Crippen LogP contribution in [0.4, 0.5) is 4.39 Å². The number of rotatable bonds is 9. The van der Waals surface area contributed by atoms with Crippen molar-refractivity contribution in [2.24, 2.45) is 23.2 Å². The van der Waals surface area contributed by atoms with Crippen molar-refractivity contribution < 1.29 is 37.8 Å². The first-order valence-corrected chi connectivity index (χ1v) is 22.3. The summed E-state index contributed by atoms with van der Waals surface area (Å²) in [5.74, 6) is -3.28. The molecule has 1 aromatic carbocycles. The smallest absolute Gasteiger partial charge is 0.324 e. The Kier molecular flexibility index (Phi) is 12.1. The van der Waals surface area contributed by atoms with E-state index in [-0.39, 0.29) is 50.8 Å². The molecule has 3 amide bonds. The maximum atomic E-state index is 14.7. The number of hydrogen-bond acceptors (Lipinski definition) is 11. The van der Waals surface area contributed by atoms with Gasteiger partial charge in [0.15, 0.2) is 0 Å². The van der Waals surface area contributed by atoms with Gasteiger partial charge in [0.1, 0.15) is 29.4 Å². The molecule has 4 aromatic rings. The highest BCUT2D eigenvalue weighted by Crippen LogP contribution is 2.48. The van der Waals surface area contributed by atoms with Crippen LogP contribution in [0.5, 0.6) is 0 Å². The highest BCUT2D eigenvalue weighted by Gasteiger charge is 2.59. The summed E-state index contributed by atoms with van der Waals surface area (Å²) in [4.78, 5) is 67.2. The molecule has 2 saturated heterocycles. The fraction of sp³-hybridized carbons (Fsp3) is 0.556. The van der Waals surface area contributed by atoms with Gasteiger partial charge in [-0.3, -0.25) is 29.2 Å². The second-order valence-corrected chi connectivity index (χ2v) is 18.5. The number of aromatic nitrogens is 3. The molecule has 326 valence electrons. The van der Waals surface area contributed by atoms with Crippen molar-refractivity contribution in [1.82, 2.24) is 35.2 Å². The zero-order valence-corrected chi connectivity index (χ0v) is 36.7. The molecule has 6 bridgehead atoms. The number of hydrogen-bond donors (Lipinski definition) is 2. The molecule has 1 saturated carbocycles. The molecule has 7 atom stereocenters. The number of thiazole rings is 1. The molecule has 1 aliphatic carbocycles. The van der Waals surface area contributed by atoms with Gasteiger partial charge in [-0.05, 0) is 75.8 Å². The number of nitrogens with zero attached hydrogens (tertiary/aromatic N) is 5. The number of carbonyl (C=O) groups is 4. The minimum Gasteiger partial charge on any atom is -0.464 e. The lowest BCUT2D eigenvalue weighted by Crippen LogP contribution is -2.61. The number of cyclic esters (lactones) is 1. The lowest BCUT2D eigenvalue weighted by Gasteiger charge is -2.37. The van der Waals surface area contributed by atoms with Gasteiger partial charge < -0.3 is 29.0 Å². The molecule has 3 aromatic heterocycles. The molecule has 6 heterocycles. The van der Waals surface area contributed by atoms with E-state index in [2.05, 4.69) is 54.3 Å². The molecule has 0 unspecified atom stereocenters. The molecule has 0 spiro atoms. The van der Waals surface area contributed by atoms with Crippen molar-refractivity contribution >= 4 is 45.9 Å². The summed E-state index contributed by atoms with van der Waals surface area (Å²) in [6, 6.07) is 8.26. The monoisotopic (exact) mass is 857 g/mol. The molecule has 8 rings (SSSR count). The van der Waals surface area contributed by atoms with Crippen LogP contribution in [0.3, 0.4) is 0 Å². The number of aryl methyl sites for hydroxylation is 1. The first-order valence-electron chi connectivity index (χ1n) is 21.4. The Morgan fingerprint density at radius 2 is 1.95 bits per heavy atom. The molecule has 14 nitrogen and oxygen atoms in total. The quantitative estimate of drug-likeness (QED) is 0.197. The van der Waals surface area contributed by atoms with Crippen molar-refractivity contribution in [3.8, 4) is 22.5 Å². The maximum Gasteiger partial charge on any atom is 0.324 e. The van der Waals surface area contributed by atoms with E-state index in [9.17, 15) is 23.6 Å². The van der Waals surface area contributed by atoms with Gasteiger partial charge >= 0.3 is 5.97 Å². The molecular weight excluding hydrogens is 802 g/mol. The Morgan fingerprint density at radius 3 is 2.67 bits per heavy atom. The van der Waals surface area contributed by atoms with Crippen molar-refractivity contribution in [2.45, 2.75) is 97.8 Å². The first-order chi connectivity index (χ1) is 29.2. The predicted molar refractivity (Wildman–Crippen MR) is 228 cm³/mol.